The molecule has 1 aromatic rings. The van der Waals surface area contributed by atoms with Crippen molar-refractivity contribution in [2.24, 2.45) is 16.1 Å². The molecule has 0 saturated carbocycles. The fraction of sp³-hybridized carbons (Fsp3) is 0.565. The summed E-state index contributed by atoms with van der Waals surface area (Å²) in [6, 6.07) is 0.0329. The Labute approximate surface area is 223 Å². The Kier molecular flexibility index (Phi) is 8.05. The predicted molar refractivity (Wildman–Crippen MR) is 124 cm³/mol. The van der Waals surface area contributed by atoms with E-state index in [9.17, 15) is 40.7 Å². The summed E-state index contributed by atoms with van der Waals surface area (Å²) in [6.45, 7) is 1.46. The number of carbonyl (C=O) groups excluding carboxylic acids is 3. The van der Waals surface area contributed by atoms with Crippen LogP contribution < -0.4 is 9.80 Å². The number of hydrogen-bond acceptors (Lipinski definition) is 8. The summed E-state index contributed by atoms with van der Waals surface area (Å²) in [5.74, 6) is -5.37. The first-order valence-corrected chi connectivity index (χ1v) is 12.0. The normalized spacial score (nSPS) is 22.1. The summed E-state index contributed by atoms with van der Waals surface area (Å²) in [5, 5.41) is 6.11. The van der Waals surface area contributed by atoms with Crippen LogP contribution in [0.2, 0.25) is 0 Å². The largest absolute Gasteiger partial charge is 0.490 e. The van der Waals surface area contributed by atoms with Gasteiger partial charge < -0.3 is 24.2 Å². The molecule has 40 heavy (non-hydrogen) atoms. The van der Waals surface area contributed by atoms with E-state index in [2.05, 4.69) is 15.2 Å². The number of fused-ring (bicyclic) bond motifs is 3. The Morgan fingerprint density at radius 3 is 2.58 bits per heavy atom. The first kappa shape index (κ1) is 29.2. The number of pyridine rings is 1. The number of aromatic nitrogens is 1. The number of alkyl halides is 6. The predicted octanol–water partition coefficient (Wildman–Crippen LogP) is 2.92. The van der Waals surface area contributed by atoms with Crippen molar-refractivity contribution < 1.29 is 50.2 Å². The van der Waals surface area contributed by atoms with Crippen LogP contribution in [0.4, 0.5) is 37.8 Å². The number of azo groups is 1. The zero-order chi connectivity index (χ0) is 29.4. The second-order valence-electron chi connectivity index (χ2n) is 9.32. The monoisotopic (exact) mass is 578 g/mol. The van der Waals surface area contributed by atoms with Crippen LogP contribution in [0.3, 0.4) is 0 Å². The van der Waals surface area contributed by atoms with Crippen molar-refractivity contribution in [3.05, 3.63) is 29.8 Å². The molecule has 1 fully saturated rings. The molecule has 0 aromatic carbocycles. The number of nitrogens with zero attached hydrogens (tertiary/aromatic N) is 6. The van der Waals surface area contributed by atoms with Gasteiger partial charge >= 0.3 is 12.4 Å². The van der Waals surface area contributed by atoms with Crippen LogP contribution in [0.15, 0.2) is 34.5 Å². The van der Waals surface area contributed by atoms with Gasteiger partial charge in [-0.05, 0) is 13.0 Å². The molecule has 4 heterocycles. The van der Waals surface area contributed by atoms with Crippen LogP contribution >= 0.6 is 0 Å². The molecule has 3 atom stereocenters. The highest BCUT2D eigenvalue weighted by atomic mass is 19.4. The van der Waals surface area contributed by atoms with Crippen molar-refractivity contribution in [2.75, 3.05) is 49.7 Å². The number of amides is 3. The number of carbonyl (C=O) groups is 3. The number of piperazine rings is 1. The summed E-state index contributed by atoms with van der Waals surface area (Å²) in [5.41, 5.74) is -0.953. The van der Waals surface area contributed by atoms with Gasteiger partial charge in [0.25, 0.3) is 11.8 Å². The fourth-order valence-electron chi connectivity index (χ4n) is 4.52. The van der Waals surface area contributed by atoms with Gasteiger partial charge in [-0.3, -0.25) is 14.4 Å². The van der Waals surface area contributed by atoms with Crippen molar-refractivity contribution in [1.29, 1.82) is 0 Å². The van der Waals surface area contributed by atoms with Gasteiger partial charge in [0, 0.05) is 26.3 Å². The van der Waals surface area contributed by atoms with E-state index in [0.717, 1.165) is 11.0 Å². The first-order chi connectivity index (χ1) is 18.7. The summed E-state index contributed by atoms with van der Waals surface area (Å²) in [7, 11) is 1.34. The van der Waals surface area contributed by atoms with Crippen LogP contribution in [0.5, 0.6) is 0 Å². The summed E-state index contributed by atoms with van der Waals surface area (Å²) < 4.78 is 89.4. The zero-order valence-electron chi connectivity index (χ0n) is 21.2. The summed E-state index contributed by atoms with van der Waals surface area (Å²) >= 11 is 0. The highest BCUT2D eigenvalue weighted by Crippen LogP contribution is 2.39. The summed E-state index contributed by atoms with van der Waals surface area (Å²) in [4.78, 5) is 45.3. The van der Waals surface area contributed by atoms with Gasteiger partial charge in [0.1, 0.15) is 17.9 Å². The van der Waals surface area contributed by atoms with Gasteiger partial charge in [-0.1, -0.05) is 0 Å². The van der Waals surface area contributed by atoms with E-state index in [0.29, 0.717) is 12.4 Å². The second kappa shape index (κ2) is 11.0. The van der Waals surface area contributed by atoms with Crippen molar-refractivity contribution in [1.82, 2.24) is 9.88 Å². The SMILES string of the molecule is C[C@H](COCCC(=O)N1CCN2c3ncc(C(F)(F)F)cc3N(C)C(=O)[C@@H]2C1)OC1=CN=NC(=O)C1C(F)(F)F. The van der Waals surface area contributed by atoms with Gasteiger partial charge in [-0.2, -0.15) is 31.5 Å². The molecule has 218 valence electrons. The molecule has 0 N–H and O–H groups in total. The van der Waals surface area contributed by atoms with Gasteiger partial charge in [0.2, 0.25) is 5.91 Å². The lowest BCUT2D eigenvalue weighted by Crippen LogP contribution is -2.63. The molecule has 1 unspecified atom stereocenters. The molecule has 3 amide bonds. The number of halogens is 6. The lowest BCUT2D eigenvalue weighted by molar-refractivity contribution is -0.183. The van der Waals surface area contributed by atoms with Crippen LogP contribution in [0, 0.1) is 5.92 Å². The first-order valence-electron chi connectivity index (χ1n) is 12.0. The summed E-state index contributed by atoms with van der Waals surface area (Å²) in [6.07, 6.45) is -9.12. The molecule has 17 heteroatoms. The molecule has 0 aliphatic carbocycles. The average Bonchev–Trinajstić information content (AvgIpc) is 2.87. The zero-order valence-corrected chi connectivity index (χ0v) is 21.2. The lowest BCUT2D eigenvalue weighted by Gasteiger charge is -2.46. The number of likely N-dealkylation sites (N-methyl/N-ethyl adjacent to an activating group) is 1. The lowest BCUT2D eigenvalue weighted by atomic mass is 10.0. The van der Waals surface area contributed by atoms with Crippen molar-refractivity contribution >= 4 is 29.2 Å². The minimum atomic E-state index is -4.90. The van der Waals surface area contributed by atoms with E-state index >= 15 is 0 Å². The molecule has 11 nitrogen and oxygen atoms in total. The Bertz CT molecular complexity index is 1240. The van der Waals surface area contributed by atoms with Gasteiger partial charge in [-0.15, -0.1) is 5.11 Å². The number of hydrogen-bond donors (Lipinski definition) is 0. The molecular formula is C23H24F6N6O5. The molecule has 1 aromatic heterocycles. The number of anilines is 2. The molecule has 3 aliphatic rings. The van der Waals surface area contributed by atoms with E-state index in [-0.39, 0.29) is 56.7 Å². The van der Waals surface area contributed by atoms with Crippen molar-refractivity contribution in [3.8, 4) is 0 Å². The molecule has 1 saturated heterocycles. The van der Waals surface area contributed by atoms with Crippen LogP contribution in [0.1, 0.15) is 18.9 Å². The highest BCUT2D eigenvalue weighted by molar-refractivity contribution is 6.05. The maximum atomic E-state index is 13.2. The van der Waals surface area contributed by atoms with E-state index in [4.69, 9.17) is 9.47 Å². The Morgan fingerprint density at radius 1 is 1.18 bits per heavy atom. The average molecular weight is 578 g/mol. The van der Waals surface area contributed by atoms with E-state index in [1.165, 1.54) is 18.9 Å². The van der Waals surface area contributed by atoms with E-state index in [1.807, 2.05) is 0 Å². The highest BCUT2D eigenvalue weighted by Gasteiger charge is 2.50. The van der Waals surface area contributed by atoms with Crippen molar-refractivity contribution in [2.45, 2.75) is 37.8 Å². The third-order valence-electron chi connectivity index (χ3n) is 6.51. The fourth-order valence-corrected chi connectivity index (χ4v) is 4.52. The van der Waals surface area contributed by atoms with Crippen LogP contribution in [-0.2, 0) is 30.0 Å². The van der Waals surface area contributed by atoms with E-state index in [1.54, 1.807) is 4.90 Å². The van der Waals surface area contributed by atoms with Crippen molar-refractivity contribution in [3.63, 3.8) is 0 Å². The number of rotatable bonds is 7. The quantitative estimate of drug-likeness (QED) is 0.361. The third-order valence-corrected chi connectivity index (χ3v) is 6.51. The second-order valence-corrected chi connectivity index (χ2v) is 9.32. The topological polar surface area (TPSA) is 117 Å². The minimum Gasteiger partial charge on any atom is -0.490 e. The maximum absolute atomic E-state index is 13.2. The third kappa shape index (κ3) is 6.03. The standard InChI is InChI=1S/C23H24F6N6O5/c1-12(40-16-9-31-32-20(37)18(16)23(27,28)29)11-39-6-3-17(36)34-4-5-35-15(10-34)21(38)33(2)14-7-13(22(24,25)26)8-30-19(14)35/h7-9,12,15,18H,3-6,10-11H2,1-2H3/t12-,15+,18?/m1/s1. The van der Waals surface area contributed by atoms with Gasteiger partial charge in [0.05, 0.1) is 43.6 Å². The Morgan fingerprint density at radius 2 is 1.90 bits per heavy atom. The maximum Gasteiger partial charge on any atom is 0.417 e. The molecule has 0 radical (unpaired) electrons. The number of ether oxygens (including phenoxy) is 2. The molecular weight excluding hydrogens is 554 g/mol. The smallest absolute Gasteiger partial charge is 0.417 e. The minimum absolute atomic E-state index is 0.0147. The van der Waals surface area contributed by atoms with Gasteiger partial charge in [0.15, 0.2) is 11.7 Å². The Hall–Kier alpha value is -3.76. The molecule has 4 rings (SSSR count). The molecule has 0 bridgehead atoms. The van der Waals surface area contributed by atoms with E-state index < -0.39 is 53.6 Å². The molecule has 3 aliphatic heterocycles. The van der Waals surface area contributed by atoms with Crippen LogP contribution in [0.25, 0.3) is 0 Å². The van der Waals surface area contributed by atoms with Gasteiger partial charge in [-0.25, -0.2) is 4.98 Å². The van der Waals surface area contributed by atoms with Crippen LogP contribution in [-0.4, -0.2) is 85.8 Å². The molecule has 0 spiro atoms. The Balaban J connectivity index is 1.28.